The maximum absolute atomic E-state index is 14.4. The molecule has 4 rings (SSSR count). The number of fused-ring (bicyclic) bond motifs is 1. The monoisotopic (exact) mass is 464 g/mol. The second-order valence-electron chi connectivity index (χ2n) is 10.2. The predicted octanol–water partition coefficient (Wildman–Crippen LogP) is 9.42. The van der Waals surface area contributed by atoms with Crippen LogP contribution in [0.1, 0.15) is 103 Å². The van der Waals surface area contributed by atoms with Crippen molar-refractivity contribution >= 4 is 10.9 Å². The SMILES string of the molecule is C=C(C#N)C1(CC)CC(c2c(C(C)C)n(C3C=C(C)C(F)=CC3)c3ccc(F)cc23)C1.CCC. The standard InChI is InChI=1S/C27H30F2N2.C3H8/c1-6-27(18(5)15-30)13-19(14-27)25-22-12-20(28)7-10-24(22)31(26(25)16(2)3)21-8-9-23(29)17(4)11-21;1-3-2/h7,9-12,16,19,21H,5-6,8,13-14H2,1-4H3;3H2,1-2H3. The largest absolute Gasteiger partial charge is 0.337 e. The van der Waals surface area contributed by atoms with Crippen molar-refractivity contribution in [1.29, 1.82) is 5.26 Å². The van der Waals surface area contributed by atoms with Crippen molar-refractivity contribution in [2.45, 2.75) is 91.5 Å². The maximum Gasteiger partial charge on any atom is 0.123 e. The van der Waals surface area contributed by atoms with Gasteiger partial charge in [-0.15, -0.1) is 0 Å². The van der Waals surface area contributed by atoms with Gasteiger partial charge in [-0.25, -0.2) is 8.78 Å². The zero-order valence-electron chi connectivity index (χ0n) is 21.5. The maximum atomic E-state index is 14.4. The summed E-state index contributed by atoms with van der Waals surface area (Å²) < 4.78 is 30.7. The summed E-state index contributed by atoms with van der Waals surface area (Å²) >= 11 is 0. The minimum Gasteiger partial charge on any atom is -0.337 e. The second kappa shape index (κ2) is 10.3. The van der Waals surface area contributed by atoms with E-state index in [1.807, 2.05) is 12.1 Å². The zero-order chi connectivity index (χ0) is 25.2. The summed E-state index contributed by atoms with van der Waals surface area (Å²) in [6, 6.07) is 7.29. The van der Waals surface area contributed by atoms with Crippen molar-refractivity contribution in [2.24, 2.45) is 5.41 Å². The Balaban J connectivity index is 0.00000103. The van der Waals surface area contributed by atoms with Crippen LogP contribution in [-0.4, -0.2) is 4.57 Å². The topological polar surface area (TPSA) is 28.7 Å². The van der Waals surface area contributed by atoms with E-state index < -0.39 is 0 Å². The highest BCUT2D eigenvalue weighted by atomic mass is 19.1. The molecule has 1 aromatic carbocycles. The lowest BCUT2D eigenvalue weighted by Gasteiger charge is -2.48. The molecule has 1 fully saturated rings. The number of nitrogens with zero attached hydrogens (tertiary/aromatic N) is 2. The Labute approximate surface area is 203 Å². The first-order valence-corrected chi connectivity index (χ1v) is 12.6. The summed E-state index contributed by atoms with van der Waals surface area (Å²) in [5.41, 5.74) is 4.54. The summed E-state index contributed by atoms with van der Waals surface area (Å²) in [4.78, 5) is 0. The van der Waals surface area contributed by atoms with Crippen molar-refractivity contribution in [3.05, 3.63) is 71.0 Å². The molecule has 0 amide bonds. The van der Waals surface area contributed by atoms with E-state index in [0.717, 1.165) is 30.2 Å². The lowest BCUT2D eigenvalue weighted by molar-refractivity contribution is 0.148. The van der Waals surface area contributed by atoms with Gasteiger partial charge < -0.3 is 4.57 Å². The van der Waals surface area contributed by atoms with Crippen LogP contribution in [0.15, 0.2) is 53.9 Å². The average molecular weight is 465 g/mol. The number of benzene rings is 1. The molecule has 4 heteroatoms. The van der Waals surface area contributed by atoms with E-state index in [4.69, 9.17) is 0 Å². The Bertz CT molecular complexity index is 1170. The number of nitriles is 1. The van der Waals surface area contributed by atoms with Gasteiger partial charge in [0.15, 0.2) is 0 Å². The lowest BCUT2D eigenvalue weighted by atomic mass is 9.55. The highest BCUT2D eigenvalue weighted by molar-refractivity contribution is 5.87. The van der Waals surface area contributed by atoms with Crippen LogP contribution in [0.3, 0.4) is 0 Å². The smallest absolute Gasteiger partial charge is 0.123 e. The fraction of sp³-hybridized carbons (Fsp3) is 0.500. The van der Waals surface area contributed by atoms with Crippen molar-refractivity contribution in [2.75, 3.05) is 0 Å². The van der Waals surface area contributed by atoms with Gasteiger partial charge >= 0.3 is 0 Å². The number of hydrogen-bond acceptors (Lipinski definition) is 1. The molecule has 0 bridgehead atoms. The molecule has 2 aliphatic carbocycles. The number of aromatic nitrogens is 1. The number of hydrogen-bond donors (Lipinski definition) is 0. The molecule has 1 saturated carbocycles. The predicted molar refractivity (Wildman–Crippen MR) is 138 cm³/mol. The van der Waals surface area contributed by atoms with E-state index in [1.165, 1.54) is 23.7 Å². The van der Waals surface area contributed by atoms with E-state index >= 15 is 0 Å². The van der Waals surface area contributed by atoms with Gasteiger partial charge in [-0.3, -0.25) is 0 Å². The first-order chi connectivity index (χ1) is 16.1. The van der Waals surface area contributed by atoms with Crippen molar-refractivity contribution in [3.63, 3.8) is 0 Å². The van der Waals surface area contributed by atoms with Gasteiger partial charge in [-0.2, -0.15) is 5.26 Å². The number of halogens is 2. The number of rotatable bonds is 5. The zero-order valence-corrected chi connectivity index (χ0v) is 21.5. The fourth-order valence-electron chi connectivity index (χ4n) is 5.66. The molecule has 2 nitrogen and oxygen atoms in total. The Morgan fingerprint density at radius 2 is 1.88 bits per heavy atom. The van der Waals surface area contributed by atoms with Crippen molar-refractivity contribution in [1.82, 2.24) is 4.57 Å². The molecule has 0 saturated heterocycles. The summed E-state index contributed by atoms with van der Waals surface area (Å²) in [5.74, 6) is 0.0801. The molecule has 182 valence electrons. The fourth-order valence-corrected chi connectivity index (χ4v) is 5.66. The first kappa shape index (κ1) is 25.9. The molecule has 0 aliphatic heterocycles. The van der Waals surface area contributed by atoms with Crippen LogP contribution < -0.4 is 0 Å². The third-order valence-corrected chi connectivity index (χ3v) is 7.41. The molecule has 0 N–H and O–H groups in total. The average Bonchev–Trinajstić information content (AvgIpc) is 3.10. The highest BCUT2D eigenvalue weighted by Crippen LogP contribution is 2.59. The molecule has 0 spiro atoms. The number of allylic oxidation sites excluding steroid dienone is 5. The summed E-state index contributed by atoms with van der Waals surface area (Å²) in [5, 5.41) is 10.4. The Morgan fingerprint density at radius 3 is 2.41 bits per heavy atom. The van der Waals surface area contributed by atoms with Crippen LogP contribution in [-0.2, 0) is 0 Å². The molecule has 0 radical (unpaired) electrons. The van der Waals surface area contributed by atoms with E-state index in [-0.39, 0.29) is 34.9 Å². The summed E-state index contributed by atoms with van der Waals surface area (Å²) in [6.45, 7) is 16.5. The minimum absolute atomic E-state index is 0.00342. The van der Waals surface area contributed by atoms with Gasteiger partial charge in [0.1, 0.15) is 11.6 Å². The Morgan fingerprint density at radius 1 is 1.24 bits per heavy atom. The van der Waals surface area contributed by atoms with E-state index in [2.05, 4.69) is 51.8 Å². The molecule has 1 atom stereocenters. The molecule has 1 unspecified atom stereocenters. The summed E-state index contributed by atoms with van der Waals surface area (Å²) in [7, 11) is 0. The minimum atomic E-state index is -0.245. The molecule has 34 heavy (non-hydrogen) atoms. The highest BCUT2D eigenvalue weighted by Gasteiger charge is 2.47. The molecular formula is C30H38F2N2. The second-order valence-corrected chi connectivity index (χ2v) is 10.2. The van der Waals surface area contributed by atoms with Gasteiger partial charge in [-0.05, 0) is 79.9 Å². The lowest BCUT2D eigenvalue weighted by Crippen LogP contribution is -2.37. The van der Waals surface area contributed by atoms with Crippen LogP contribution >= 0.6 is 0 Å². The van der Waals surface area contributed by atoms with Crippen LogP contribution in [0.25, 0.3) is 10.9 Å². The Hall–Kier alpha value is -2.67. The summed E-state index contributed by atoms with van der Waals surface area (Å²) in [6.07, 6.45) is 8.08. The normalized spacial score (nSPS) is 24.0. The van der Waals surface area contributed by atoms with Gasteiger partial charge in [-0.1, -0.05) is 53.7 Å². The molecule has 1 heterocycles. The Kier molecular flexibility index (Phi) is 7.86. The van der Waals surface area contributed by atoms with Crippen molar-refractivity contribution in [3.8, 4) is 6.07 Å². The third-order valence-electron chi connectivity index (χ3n) is 7.41. The third kappa shape index (κ3) is 4.50. The van der Waals surface area contributed by atoms with Crippen LogP contribution in [0, 0.1) is 22.6 Å². The first-order valence-electron chi connectivity index (χ1n) is 12.6. The van der Waals surface area contributed by atoms with Crippen LogP contribution in [0.2, 0.25) is 0 Å². The van der Waals surface area contributed by atoms with E-state index in [9.17, 15) is 14.0 Å². The van der Waals surface area contributed by atoms with Gasteiger partial charge in [0.05, 0.1) is 12.1 Å². The molecular weight excluding hydrogens is 426 g/mol. The van der Waals surface area contributed by atoms with Crippen molar-refractivity contribution < 1.29 is 8.78 Å². The van der Waals surface area contributed by atoms with Crippen LogP contribution in [0.5, 0.6) is 0 Å². The molecule has 2 aromatic rings. The van der Waals surface area contributed by atoms with E-state index in [1.54, 1.807) is 19.1 Å². The quantitative estimate of drug-likeness (QED) is 0.405. The van der Waals surface area contributed by atoms with E-state index in [0.29, 0.717) is 17.6 Å². The molecule has 2 aliphatic rings. The van der Waals surface area contributed by atoms with Gasteiger partial charge in [0.2, 0.25) is 0 Å². The van der Waals surface area contributed by atoms with Crippen LogP contribution in [0.4, 0.5) is 8.78 Å². The van der Waals surface area contributed by atoms with Gasteiger partial charge in [0.25, 0.3) is 0 Å². The molecule has 1 aromatic heterocycles. The van der Waals surface area contributed by atoms with Gasteiger partial charge in [0, 0.05) is 27.6 Å².